The van der Waals surface area contributed by atoms with Crippen LogP contribution in [0.25, 0.3) is 0 Å². The van der Waals surface area contributed by atoms with Gasteiger partial charge in [0.25, 0.3) is 0 Å². The summed E-state index contributed by atoms with van der Waals surface area (Å²) in [5.74, 6) is 2.50. The molecule has 1 atom stereocenters. The van der Waals surface area contributed by atoms with Crippen molar-refractivity contribution in [3.63, 3.8) is 0 Å². The second-order valence-electron chi connectivity index (χ2n) is 7.03. The molecule has 1 aromatic heterocycles. The number of hydrogen-bond acceptors (Lipinski definition) is 5. The maximum absolute atomic E-state index is 5.53. The smallest absolute Gasteiger partial charge is 0.133 e. The van der Waals surface area contributed by atoms with Crippen LogP contribution in [-0.2, 0) is 4.74 Å². The second kappa shape index (κ2) is 7.50. The van der Waals surface area contributed by atoms with Gasteiger partial charge in [-0.05, 0) is 31.4 Å². The van der Waals surface area contributed by atoms with Crippen molar-refractivity contribution in [3.05, 3.63) is 53.5 Å². The fourth-order valence-corrected chi connectivity index (χ4v) is 3.35. The topological polar surface area (TPSA) is 50.3 Å². The Bertz CT molecular complexity index is 693. The number of rotatable bonds is 6. The quantitative estimate of drug-likeness (QED) is 0.877. The van der Waals surface area contributed by atoms with Gasteiger partial charge in [-0.15, -0.1) is 0 Å². The monoisotopic (exact) mass is 338 g/mol. The van der Waals surface area contributed by atoms with Crippen molar-refractivity contribution in [3.8, 4) is 0 Å². The molecule has 0 amide bonds. The Morgan fingerprint density at radius 1 is 1.16 bits per heavy atom. The standard InChI is InChI=1S/C20H26N4O/c1-15-2-4-16(5-3-15)18(24-10-12-25-13-11-24)14-22-19-8-9-21-20(23-19)17-6-7-17/h2-5,8-9,17-18H,6-7,10-14H2,1H3,(H,21,22,23). The van der Waals surface area contributed by atoms with Crippen molar-refractivity contribution in [2.45, 2.75) is 31.7 Å². The Morgan fingerprint density at radius 3 is 2.64 bits per heavy atom. The lowest BCUT2D eigenvalue weighted by Crippen LogP contribution is -2.41. The summed E-state index contributed by atoms with van der Waals surface area (Å²) in [5.41, 5.74) is 2.64. The summed E-state index contributed by atoms with van der Waals surface area (Å²) in [4.78, 5) is 11.6. The molecule has 4 rings (SSSR count). The third kappa shape index (κ3) is 4.17. The zero-order chi connectivity index (χ0) is 17.1. The summed E-state index contributed by atoms with van der Waals surface area (Å²) in [7, 11) is 0. The van der Waals surface area contributed by atoms with Gasteiger partial charge in [-0.1, -0.05) is 29.8 Å². The SMILES string of the molecule is Cc1ccc(C(CNc2ccnc(C3CC3)n2)N2CCOCC2)cc1. The number of aryl methyl sites for hydroxylation is 1. The minimum absolute atomic E-state index is 0.323. The first-order valence-corrected chi connectivity index (χ1v) is 9.25. The van der Waals surface area contributed by atoms with E-state index in [1.54, 1.807) is 0 Å². The number of nitrogens with one attached hydrogen (secondary N) is 1. The number of benzene rings is 1. The first-order chi connectivity index (χ1) is 12.3. The van der Waals surface area contributed by atoms with Gasteiger partial charge in [-0.2, -0.15) is 0 Å². The normalized spacial score (nSPS) is 19.6. The molecule has 2 aliphatic rings. The van der Waals surface area contributed by atoms with Crippen LogP contribution in [0.4, 0.5) is 5.82 Å². The summed E-state index contributed by atoms with van der Waals surface area (Å²) in [6.45, 7) is 6.52. The van der Waals surface area contributed by atoms with E-state index in [0.717, 1.165) is 44.5 Å². The van der Waals surface area contributed by atoms with Gasteiger partial charge in [0.2, 0.25) is 0 Å². The molecule has 132 valence electrons. The summed E-state index contributed by atoms with van der Waals surface area (Å²) >= 11 is 0. The van der Waals surface area contributed by atoms with E-state index in [9.17, 15) is 0 Å². The number of ether oxygens (including phenoxy) is 1. The number of hydrogen-bond donors (Lipinski definition) is 1. The molecule has 1 unspecified atom stereocenters. The highest BCUT2D eigenvalue weighted by Gasteiger charge is 2.27. The van der Waals surface area contributed by atoms with E-state index in [-0.39, 0.29) is 0 Å². The van der Waals surface area contributed by atoms with Crippen molar-refractivity contribution in [2.24, 2.45) is 0 Å². The first kappa shape index (κ1) is 16.5. The second-order valence-corrected chi connectivity index (χ2v) is 7.03. The van der Waals surface area contributed by atoms with Crippen LogP contribution in [0.1, 0.15) is 41.8 Å². The molecular weight excluding hydrogens is 312 g/mol. The lowest BCUT2D eigenvalue weighted by Gasteiger charge is -2.35. The van der Waals surface area contributed by atoms with Crippen LogP contribution in [0.15, 0.2) is 36.5 Å². The maximum Gasteiger partial charge on any atom is 0.133 e. The van der Waals surface area contributed by atoms with Crippen molar-refractivity contribution >= 4 is 5.82 Å². The van der Waals surface area contributed by atoms with Gasteiger partial charge in [0.15, 0.2) is 0 Å². The van der Waals surface area contributed by atoms with Crippen molar-refractivity contribution in [2.75, 3.05) is 38.2 Å². The van der Waals surface area contributed by atoms with Crippen LogP contribution >= 0.6 is 0 Å². The Morgan fingerprint density at radius 2 is 1.92 bits per heavy atom. The van der Waals surface area contributed by atoms with Crippen LogP contribution in [0.5, 0.6) is 0 Å². The molecule has 1 aliphatic heterocycles. The van der Waals surface area contributed by atoms with E-state index in [2.05, 4.69) is 46.4 Å². The third-order valence-corrected chi connectivity index (χ3v) is 5.04. The molecule has 2 aromatic rings. The fraction of sp³-hybridized carbons (Fsp3) is 0.500. The molecule has 0 radical (unpaired) electrons. The molecule has 5 nitrogen and oxygen atoms in total. The van der Waals surface area contributed by atoms with Crippen molar-refractivity contribution in [1.29, 1.82) is 0 Å². The highest BCUT2D eigenvalue weighted by atomic mass is 16.5. The molecule has 1 saturated heterocycles. The average molecular weight is 338 g/mol. The van der Waals surface area contributed by atoms with Crippen LogP contribution in [0, 0.1) is 6.92 Å². The molecule has 1 aromatic carbocycles. The predicted molar refractivity (Wildman–Crippen MR) is 98.8 cm³/mol. The van der Waals surface area contributed by atoms with Gasteiger partial charge in [0.1, 0.15) is 11.6 Å². The first-order valence-electron chi connectivity index (χ1n) is 9.25. The fourth-order valence-electron chi connectivity index (χ4n) is 3.35. The van der Waals surface area contributed by atoms with E-state index in [0.29, 0.717) is 12.0 Å². The zero-order valence-electron chi connectivity index (χ0n) is 14.8. The Labute approximate surface area is 149 Å². The zero-order valence-corrected chi connectivity index (χ0v) is 14.8. The molecule has 2 heterocycles. The van der Waals surface area contributed by atoms with Crippen molar-refractivity contribution in [1.82, 2.24) is 14.9 Å². The number of anilines is 1. The van der Waals surface area contributed by atoms with Gasteiger partial charge in [-0.3, -0.25) is 4.90 Å². The van der Waals surface area contributed by atoms with Crippen LogP contribution in [0.2, 0.25) is 0 Å². The molecule has 1 N–H and O–H groups in total. The van der Waals surface area contributed by atoms with E-state index >= 15 is 0 Å². The summed E-state index contributed by atoms with van der Waals surface area (Å²) in [6.07, 6.45) is 4.32. The minimum atomic E-state index is 0.323. The molecular formula is C20H26N4O. The van der Waals surface area contributed by atoms with E-state index < -0.39 is 0 Å². The lowest BCUT2D eigenvalue weighted by atomic mass is 10.0. The van der Waals surface area contributed by atoms with Gasteiger partial charge >= 0.3 is 0 Å². The molecule has 1 aliphatic carbocycles. The van der Waals surface area contributed by atoms with Crippen LogP contribution < -0.4 is 5.32 Å². The number of nitrogens with zero attached hydrogens (tertiary/aromatic N) is 3. The molecule has 25 heavy (non-hydrogen) atoms. The Kier molecular flexibility index (Phi) is 4.95. The molecule has 0 bridgehead atoms. The molecule has 2 fully saturated rings. The average Bonchev–Trinajstić information content (AvgIpc) is 3.50. The van der Waals surface area contributed by atoms with Gasteiger partial charge in [0, 0.05) is 31.7 Å². The summed E-state index contributed by atoms with van der Waals surface area (Å²) in [5, 5.41) is 3.54. The summed E-state index contributed by atoms with van der Waals surface area (Å²) < 4.78 is 5.53. The molecule has 1 saturated carbocycles. The number of aromatic nitrogens is 2. The molecule has 0 spiro atoms. The Hall–Kier alpha value is -1.98. The maximum atomic E-state index is 5.53. The lowest BCUT2D eigenvalue weighted by molar-refractivity contribution is 0.0187. The van der Waals surface area contributed by atoms with Gasteiger partial charge in [-0.25, -0.2) is 9.97 Å². The highest BCUT2D eigenvalue weighted by Crippen LogP contribution is 2.38. The summed E-state index contributed by atoms with van der Waals surface area (Å²) in [6, 6.07) is 11.2. The predicted octanol–water partition coefficient (Wildman–Crippen LogP) is 3.15. The van der Waals surface area contributed by atoms with Gasteiger partial charge in [0.05, 0.1) is 19.3 Å². The van der Waals surface area contributed by atoms with E-state index in [1.165, 1.54) is 24.0 Å². The highest BCUT2D eigenvalue weighted by molar-refractivity contribution is 5.35. The van der Waals surface area contributed by atoms with Crippen LogP contribution in [0.3, 0.4) is 0 Å². The third-order valence-electron chi connectivity index (χ3n) is 5.04. The van der Waals surface area contributed by atoms with E-state index in [4.69, 9.17) is 9.72 Å². The van der Waals surface area contributed by atoms with Crippen LogP contribution in [-0.4, -0.2) is 47.7 Å². The largest absolute Gasteiger partial charge is 0.379 e. The molecule has 5 heteroatoms. The van der Waals surface area contributed by atoms with Crippen molar-refractivity contribution < 1.29 is 4.74 Å². The minimum Gasteiger partial charge on any atom is -0.379 e. The number of morpholine rings is 1. The Balaban J connectivity index is 1.49. The van der Waals surface area contributed by atoms with Gasteiger partial charge < -0.3 is 10.1 Å². The van der Waals surface area contributed by atoms with E-state index in [1.807, 2.05) is 12.3 Å².